The van der Waals surface area contributed by atoms with E-state index in [9.17, 15) is 5.11 Å². The fourth-order valence-corrected chi connectivity index (χ4v) is 3.65. The third kappa shape index (κ3) is 3.43. The van der Waals surface area contributed by atoms with Gasteiger partial charge in [0, 0.05) is 22.0 Å². The predicted molar refractivity (Wildman–Crippen MR) is 80.6 cm³/mol. The monoisotopic (exact) mass is 301 g/mol. The standard InChI is InChI=1S/C15H21Cl2NO/c16-12-7-11(8-13(17)9-12)14(19)15(10-18)5-3-1-2-4-6-15/h7-9,14,19H,1-6,10,18H2. The lowest BCUT2D eigenvalue weighted by molar-refractivity contribution is 0.0166. The third-order valence-corrected chi connectivity index (χ3v) is 4.72. The lowest BCUT2D eigenvalue weighted by atomic mass is 9.73. The van der Waals surface area contributed by atoms with Crippen LogP contribution in [0.1, 0.15) is 50.2 Å². The van der Waals surface area contributed by atoms with Crippen molar-refractivity contribution in [3.05, 3.63) is 33.8 Å². The van der Waals surface area contributed by atoms with E-state index in [2.05, 4.69) is 0 Å². The van der Waals surface area contributed by atoms with Gasteiger partial charge in [-0.15, -0.1) is 0 Å². The van der Waals surface area contributed by atoms with Crippen molar-refractivity contribution >= 4 is 23.2 Å². The Kier molecular flexibility index (Phi) is 5.13. The zero-order valence-electron chi connectivity index (χ0n) is 11.0. The Labute approximate surface area is 124 Å². The van der Waals surface area contributed by atoms with E-state index in [-0.39, 0.29) is 5.41 Å². The number of nitrogens with two attached hydrogens (primary N) is 1. The van der Waals surface area contributed by atoms with Gasteiger partial charge < -0.3 is 10.8 Å². The van der Waals surface area contributed by atoms with Gasteiger partial charge >= 0.3 is 0 Å². The van der Waals surface area contributed by atoms with Crippen LogP contribution in [0.15, 0.2) is 18.2 Å². The summed E-state index contributed by atoms with van der Waals surface area (Å²) in [7, 11) is 0. The number of aliphatic hydroxyl groups excluding tert-OH is 1. The smallest absolute Gasteiger partial charge is 0.0859 e. The van der Waals surface area contributed by atoms with Gasteiger partial charge in [-0.1, -0.05) is 48.9 Å². The maximum absolute atomic E-state index is 10.8. The topological polar surface area (TPSA) is 46.2 Å². The molecule has 2 rings (SSSR count). The van der Waals surface area contributed by atoms with Gasteiger partial charge in [0.15, 0.2) is 0 Å². The molecule has 19 heavy (non-hydrogen) atoms. The van der Waals surface area contributed by atoms with E-state index in [0.717, 1.165) is 31.2 Å². The largest absolute Gasteiger partial charge is 0.388 e. The average Bonchev–Trinajstić information content (AvgIpc) is 2.63. The minimum atomic E-state index is -0.591. The number of hydrogen-bond donors (Lipinski definition) is 2. The van der Waals surface area contributed by atoms with Gasteiger partial charge in [0.2, 0.25) is 0 Å². The second-order valence-electron chi connectivity index (χ2n) is 5.59. The van der Waals surface area contributed by atoms with Gasteiger partial charge in [0.1, 0.15) is 0 Å². The molecule has 0 amide bonds. The van der Waals surface area contributed by atoms with Crippen LogP contribution in [-0.4, -0.2) is 11.7 Å². The normalized spacial score (nSPS) is 20.8. The molecule has 1 fully saturated rings. The minimum Gasteiger partial charge on any atom is -0.388 e. The SMILES string of the molecule is NCC1(C(O)c2cc(Cl)cc(Cl)c2)CCCCCC1. The van der Waals surface area contributed by atoms with Gasteiger partial charge in [0.25, 0.3) is 0 Å². The van der Waals surface area contributed by atoms with Crippen LogP contribution >= 0.6 is 23.2 Å². The summed E-state index contributed by atoms with van der Waals surface area (Å²) in [6, 6.07) is 5.27. The molecular weight excluding hydrogens is 281 g/mol. The third-order valence-electron chi connectivity index (χ3n) is 4.29. The molecule has 0 spiro atoms. The van der Waals surface area contributed by atoms with Gasteiger partial charge in [-0.2, -0.15) is 0 Å². The van der Waals surface area contributed by atoms with Crippen molar-refractivity contribution in [2.45, 2.75) is 44.6 Å². The van der Waals surface area contributed by atoms with E-state index >= 15 is 0 Å². The molecule has 1 atom stereocenters. The van der Waals surface area contributed by atoms with Crippen LogP contribution in [0.5, 0.6) is 0 Å². The first-order valence-corrected chi connectivity index (χ1v) is 7.67. The molecule has 106 valence electrons. The fourth-order valence-electron chi connectivity index (χ4n) is 3.11. The highest BCUT2D eigenvalue weighted by Gasteiger charge is 2.37. The number of hydrogen-bond acceptors (Lipinski definition) is 2. The molecule has 1 aromatic carbocycles. The first kappa shape index (κ1) is 15.1. The van der Waals surface area contributed by atoms with Crippen LogP contribution in [0.3, 0.4) is 0 Å². The first-order chi connectivity index (χ1) is 9.07. The molecule has 0 aliphatic heterocycles. The Morgan fingerprint density at radius 2 is 1.58 bits per heavy atom. The molecule has 1 unspecified atom stereocenters. The molecule has 0 aromatic heterocycles. The van der Waals surface area contributed by atoms with Crippen LogP contribution in [0.2, 0.25) is 10.0 Å². The van der Waals surface area contributed by atoms with E-state index in [1.54, 1.807) is 18.2 Å². The first-order valence-electron chi connectivity index (χ1n) is 6.91. The Balaban J connectivity index is 2.30. The molecule has 0 saturated heterocycles. The summed E-state index contributed by atoms with van der Waals surface area (Å²) in [6.45, 7) is 0.498. The van der Waals surface area contributed by atoms with Crippen molar-refractivity contribution in [3.63, 3.8) is 0 Å². The summed E-state index contributed by atoms with van der Waals surface area (Å²) < 4.78 is 0. The van der Waals surface area contributed by atoms with Crippen molar-refractivity contribution in [1.29, 1.82) is 0 Å². The zero-order chi connectivity index (χ0) is 13.9. The predicted octanol–water partition coefficient (Wildman–Crippen LogP) is 4.33. The quantitative estimate of drug-likeness (QED) is 0.817. The summed E-state index contributed by atoms with van der Waals surface area (Å²) >= 11 is 12.1. The molecule has 1 aliphatic rings. The van der Waals surface area contributed by atoms with E-state index in [4.69, 9.17) is 28.9 Å². The van der Waals surface area contributed by atoms with Gasteiger partial charge in [-0.05, 0) is 36.6 Å². The van der Waals surface area contributed by atoms with Gasteiger partial charge in [-0.25, -0.2) is 0 Å². The average molecular weight is 302 g/mol. The number of halogens is 2. The molecule has 4 heteroatoms. The van der Waals surface area contributed by atoms with Crippen LogP contribution in [-0.2, 0) is 0 Å². The second kappa shape index (κ2) is 6.45. The summed E-state index contributed by atoms with van der Waals surface area (Å²) in [5.74, 6) is 0. The fraction of sp³-hybridized carbons (Fsp3) is 0.600. The molecule has 1 aliphatic carbocycles. The van der Waals surface area contributed by atoms with Crippen LogP contribution in [0.25, 0.3) is 0 Å². The minimum absolute atomic E-state index is 0.232. The van der Waals surface area contributed by atoms with Crippen molar-refractivity contribution in [3.8, 4) is 0 Å². The molecule has 1 aromatic rings. The van der Waals surface area contributed by atoms with E-state index in [1.165, 1.54) is 12.8 Å². The summed E-state index contributed by atoms with van der Waals surface area (Å²) in [5, 5.41) is 11.9. The van der Waals surface area contributed by atoms with Crippen molar-refractivity contribution in [2.24, 2.45) is 11.1 Å². The Hall–Kier alpha value is -0.280. The molecule has 0 heterocycles. The second-order valence-corrected chi connectivity index (χ2v) is 6.46. The molecule has 2 nitrogen and oxygen atoms in total. The number of rotatable bonds is 3. The van der Waals surface area contributed by atoms with Crippen LogP contribution in [0, 0.1) is 5.41 Å². The molecule has 3 N–H and O–H groups in total. The molecule has 0 radical (unpaired) electrons. The zero-order valence-corrected chi connectivity index (χ0v) is 12.6. The number of aliphatic hydroxyl groups is 1. The Morgan fingerprint density at radius 3 is 2.05 bits per heavy atom. The molecule has 1 saturated carbocycles. The van der Waals surface area contributed by atoms with E-state index in [0.29, 0.717) is 16.6 Å². The number of benzene rings is 1. The molecule has 0 bridgehead atoms. The van der Waals surface area contributed by atoms with Crippen molar-refractivity contribution < 1.29 is 5.11 Å². The van der Waals surface area contributed by atoms with Crippen LogP contribution in [0.4, 0.5) is 0 Å². The van der Waals surface area contributed by atoms with E-state index in [1.807, 2.05) is 0 Å². The highest BCUT2D eigenvalue weighted by Crippen LogP contribution is 2.45. The summed E-state index contributed by atoms with van der Waals surface area (Å²) in [6.07, 6.45) is 6.05. The lowest BCUT2D eigenvalue weighted by Gasteiger charge is -2.36. The maximum atomic E-state index is 10.8. The van der Waals surface area contributed by atoms with Gasteiger partial charge in [0.05, 0.1) is 6.10 Å². The lowest BCUT2D eigenvalue weighted by Crippen LogP contribution is -2.36. The Morgan fingerprint density at radius 1 is 1.05 bits per heavy atom. The van der Waals surface area contributed by atoms with Crippen molar-refractivity contribution in [2.75, 3.05) is 6.54 Å². The van der Waals surface area contributed by atoms with E-state index < -0.39 is 6.10 Å². The molecular formula is C15H21Cl2NO. The highest BCUT2D eigenvalue weighted by atomic mass is 35.5. The summed E-state index contributed by atoms with van der Waals surface area (Å²) in [4.78, 5) is 0. The van der Waals surface area contributed by atoms with Crippen molar-refractivity contribution in [1.82, 2.24) is 0 Å². The Bertz CT molecular complexity index is 408. The highest BCUT2D eigenvalue weighted by molar-refractivity contribution is 6.34. The summed E-state index contributed by atoms with van der Waals surface area (Å²) in [5.41, 5.74) is 6.55. The van der Waals surface area contributed by atoms with Crippen LogP contribution < -0.4 is 5.73 Å². The maximum Gasteiger partial charge on any atom is 0.0859 e. The van der Waals surface area contributed by atoms with Gasteiger partial charge in [-0.3, -0.25) is 0 Å².